The van der Waals surface area contributed by atoms with Gasteiger partial charge >= 0.3 is 0 Å². The van der Waals surface area contributed by atoms with Crippen LogP contribution in [0.1, 0.15) is 47.1 Å². The summed E-state index contributed by atoms with van der Waals surface area (Å²) in [5, 5.41) is 4.37. The molecule has 0 saturated heterocycles. The zero-order valence-electron chi connectivity index (χ0n) is 11.3. The van der Waals surface area contributed by atoms with Crippen LogP contribution < -0.4 is 0 Å². The van der Waals surface area contributed by atoms with Gasteiger partial charge in [-0.25, -0.2) is 0 Å². The summed E-state index contributed by atoms with van der Waals surface area (Å²) in [7, 11) is 1.90. The number of carbonyl (C=O) groups is 1. The first-order valence-corrected chi connectivity index (χ1v) is 6.11. The van der Waals surface area contributed by atoms with Gasteiger partial charge in [-0.3, -0.25) is 9.48 Å². The molecule has 18 heavy (non-hydrogen) atoms. The molecule has 1 aromatic heterocycles. The lowest BCUT2D eigenvalue weighted by Crippen LogP contribution is -2.08. The van der Waals surface area contributed by atoms with E-state index in [1.54, 1.807) is 6.92 Å². The quantitative estimate of drug-likeness (QED) is 0.775. The van der Waals surface area contributed by atoms with E-state index >= 15 is 0 Å². The molecule has 0 spiro atoms. The second-order valence-electron chi connectivity index (χ2n) is 4.66. The zero-order chi connectivity index (χ0) is 13.3. The van der Waals surface area contributed by atoms with Gasteiger partial charge in [0.2, 0.25) is 0 Å². The molecule has 2 rings (SSSR count). The van der Waals surface area contributed by atoms with Crippen molar-refractivity contribution in [3.8, 4) is 0 Å². The first kappa shape index (κ1) is 12.6. The maximum atomic E-state index is 11.8. The Morgan fingerprint density at radius 1 is 1.28 bits per heavy atom. The van der Waals surface area contributed by atoms with Gasteiger partial charge < -0.3 is 0 Å². The number of Topliss-reactive ketones (excluding diaryl/α,β-unsaturated/α-hetero) is 1. The highest BCUT2D eigenvalue weighted by atomic mass is 16.1. The second-order valence-corrected chi connectivity index (χ2v) is 4.66. The van der Waals surface area contributed by atoms with Gasteiger partial charge in [-0.2, -0.15) is 5.10 Å². The summed E-state index contributed by atoms with van der Waals surface area (Å²) in [6.07, 6.45) is 0. The Morgan fingerprint density at radius 3 is 2.44 bits per heavy atom. The summed E-state index contributed by atoms with van der Waals surface area (Å²) in [4.78, 5) is 11.8. The average molecular weight is 242 g/mol. The van der Waals surface area contributed by atoms with Gasteiger partial charge in [-0.15, -0.1) is 0 Å². The molecule has 0 aliphatic rings. The molecule has 0 saturated carbocycles. The van der Waals surface area contributed by atoms with Crippen molar-refractivity contribution < 1.29 is 4.79 Å². The third-order valence-electron chi connectivity index (χ3n) is 3.33. The first-order chi connectivity index (χ1) is 8.52. The number of ketones is 1. The number of hydrogen-bond donors (Lipinski definition) is 0. The van der Waals surface area contributed by atoms with Gasteiger partial charge in [-0.1, -0.05) is 37.3 Å². The molecule has 1 atom stereocenters. The SMILES string of the molecule is CC(=O)c1c(C)nn(C)c1C(C)c1ccccc1. The number of aromatic nitrogens is 2. The van der Waals surface area contributed by atoms with Crippen LogP contribution in [0.4, 0.5) is 0 Å². The van der Waals surface area contributed by atoms with E-state index in [9.17, 15) is 4.79 Å². The van der Waals surface area contributed by atoms with Gasteiger partial charge in [0.25, 0.3) is 0 Å². The van der Waals surface area contributed by atoms with Crippen LogP contribution in [0.25, 0.3) is 0 Å². The van der Waals surface area contributed by atoms with E-state index in [1.165, 1.54) is 5.56 Å². The Bertz CT molecular complexity index is 570. The molecule has 0 aliphatic heterocycles. The molecular formula is C15H18N2O. The summed E-state index contributed by atoms with van der Waals surface area (Å²) in [5.74, 6) is 0.245. The fourth-order valence-corrected chi connectivity index (χ4v) is 2.51. The highest BCUT2D eigenvalue weighted by Gasteiger charge is 2.22. The van der Waals surface area contributed by atoms with E-state index in [1.807, 2.05) is 36.9 Å². The fourth-order valence-electron chi connectivity index (χ4n) is 2.51. The molecule has 2 aromatic rings. The van der Waals surface area contributed by atoms with Crippen molar-refractivity contribution in [1.82, 2.24) is 9.78 Å². The molecule has 3 heteroatoms. The molecule has 1 unspecified atom stereocenters. The van der Waals surface area contributed by atoms with Crippen molar-refractivity contribution in [3.05, 3.63) is 52.8 Å². The number of benzene rings is 1. The molecule has 0 bridgehead atoms. The molecule has 3 nitrogen and oxygen atoms in total. The van der Waals surface area contributed by atoms with E-state index in [0.717, 1.165) is 17.0 Å². The van der Waals surface area contributed by atoms with E-state index in [-0.39, 0.29) is 11.7 Å². The number of hydrogen-bond acceptors (Lipinski definition) is 2. The van der Waals surface area contributed by atoms with Crippen molar-refractivity contribution >= 4 is 5.78 Å². The molecule has 0 N–H and O–H groups in total. The van der Waals surface area contributed by atoms with Crippen LogP contribution in [0.2, 0.25) is 0 Å². The van der Waals surface area contributed by atoms with Gasteiger partial charge in [0, 0.05) is 13.0 Å². The molecular weight excluding hydrogens is 224 g/mol. The first-order valence-electron chi connectivity index (χ1n) is 6.11. The standard InChI is InChI=1S/C15H18N2O/c1-10(13-8-6-5-7-9-13)15-14(12(3)18)11(2)16-17(15)4/h5-10H,1-4H3. The minimum absolute atomic E-state index is 0.0818. The Balaban J connectivity index is 2.55. The fraction of sp³-hybridized carbons (Fsp3) is 0.333. The predicted molar refractivity (Wildman–Crippen MR) is 71.9 cm³/mol. The Labute approximate surface area is 107 Å². The van der Waals surface area contributed by atoms with E-state index in [2.05, 4.69) is 24.2 Å². The molecule has 94 valence electrons. The monoisotopic (exact) mass is 242 g/mol. The van der Waals surface area contributed by atoms with E-state index in [0.29, 0.717) is 0 Å². The lowest BCUT2D eigenvalue weighted by Gasteiger charge is -2.14. The molecule has 0 aliphatic carbocycles. The number of aryl methyl sites for hydroxylation is 2. The lowest BCUT2D eigenvalue weighted by atomic mass is 9.93. The largest absolute Gasteiger partial charge is 0.294 e. The normalized spacial score (nSPS) is 12.4. The van der Waals surface area contributed by atoms with Crippen LogP contribution in [0.3, 0.4) is 0 Å². The third-order valence-corrected chi connectivity index (χ3v) is 3.33. The van der Waals surface area contributed by atoms with E-state index in [4.69, 9.17) is 0 Å². The maximum Gasteiger partial charge on any atom is 0.163 e. The van der Waals surface area contributed by atoms with Gasteiger partial charge in [0.1, 0.15) is 0 Å². The smallest absolute Gasteiger partial charge is 0.163 e. The minimum Gasteiger partial charge on any atom is -0.294 e. The highest BCUT2D eigenvalue weighted by molar-refractivity contribution is 5.96. The molecule has 0 amide bonds. The number of rotatable bonds is 3. The van der Waals surface area contributed by atoms with Gasteiger partial charge in [0.05, 0.1) is 17.0 Å². The van der Waals surface area contributed by atoms with Crippen LogP contribution in [0.5, 0.6) is 0 Å². The van der Waals surface area contributed by atoms with Crippen LogP contribution in [0, 0.1) is 6.92 Å². The summed E-state index contributed by atoms with van der Waals surface area (Å²) in [6.45, 7) is 5.60. The Kier molecular flexibility index (Phi) is 3.32. The highest BCUT2D eigenvalue weighted by Crippen LogP contribution is 2.28. The van der Waals surface area contributed by atoms with Crippen LogP contribution in [-0.4, -0.2) is 15.6 Å². The third kappa shape index (κ3) is 2.08. The van der Waals surface area contributed by atoms with Gasteiger partial charge in [0.15, 0.2) is 5.78 Å². The van der Waals surface area contributed by atoms with Crippen LogP contribution in [0.15, 0.2) is 30.3 Å². The second kappa shape index (κ2) is 4.77. The van der Waals surface area contributed by atoms with Crippen LogP contribution >= 0.6 is 0 Å². The average Bonchev–Trinajstić information content (AvgIpc) is 2.64. The summed E-state index contributed by atoms with van der Waals surface area (Å²) in [5.41, 5.74) is 3.76. The van der Waals surface area contributed by atoms with Crippen molar-refractivity contribution in [2.45, 2.75) is 26.7 Å². The molecule has 0 fully saturated rings. The van der Waals surface area contributed by atoms with Crippen molar-refractivity contribution in [1.29, 1.82) is 0 Å². The zero-order valence-corrected chi connectivity index (χ0v) is 11.3. The Hall–Kier alpha value is -1.90. The summed E-state index contributed by atoms with van der Waals surface area (Å²) in [6, 6.07) is 10.2. The summed E-state index contributed by atoms with van der Waals surface area (Å²) < 4.78 is 1.82. The van der Waals surface area contributed by atoms with Gasteiger partial charge in [-0.05, 0) is 19.4 Å². The molecule has 1 aromatic carbocycles. The predicted octanol–water partition coefficient (Wildman–Crippen LogP) is 3.08. The minimum atomic E-state index is 0.0818. The molecule has 1 heterocycles. The maximum absolute atomic E-state index is 11.8. The van der Waals surface area contributed by atoms with Crippen molar-refractivity contribution in [2.75, 3.05) is 0 Å². The molecule has 0 radical (unpaired) electrons. The Morgan fingerprint density at radius 2 is 1.89 bits per heavy atom. The number of nitrogens with zero attached hydrogens (tertiary/aromatic N) is 2. The van der Waals surface area contributed by atoms with Crippen LogP contribution in [-0.2, 0) is 7.05 Å². The lowest BCUT2D eigenvalue weighted by molar-refractivity contribution is 0.101. The van der Waals surface area contributed by atoms with E-state index < -0.39 is 0 Å². The summed E-state index contributed by atoms with van der Waals surface area (Å²) >= 11 is 0. The number of carbonyl (C=O) groups excluding carboxylic acids is 1. The topological polar surface area (TPSA) is 34.9 Å². The van der Waals surface area contributed by atoms with Crippen molar-refractivity contribution in [2.24, 2.45) is 7.05 Å². The van der Waals surface area contributed by atoms with Crippen molar-refractivity contribution in [3.63, 3.8) is 0 Å².